The highest BCUT2D eigenvalue weighted by molar-refractivity contribution is 6.41. The van der Waals surface area contributed by atoms with Crippen LogP contribution >= 0.6 is 23.2 Å². The first-order valence-electron chi connectivity index (χ1n) is 10.0. The number of nitrogens with one attached hydrogen (secondary N) is 1. The quantitative estimate of drug-likeness (QED) is 0.538. The van der Waals surface area contributed by atoms with Gasteiger partial charge in [-0.1, -0.05) is 18.5 Å². The average molecular weight is 444 g/mol. The first-order chi connectivity index (χ1) is 14.5. The molecular weight excluding hydrogens is 421 g/mol. The van der Waals surface area contributed by atoms with E-state index in [-0.39, 0.29) is 11.5 Å². The summed E-state index contributed by atoms with van der Waals surface area (Å²) in [5.74, 6) is 1.61. The topological polar surface area (TPSA) is 76.0 Å². The van der Waals surface area contributed by atoms with E-state index in [2.05, 4.69) is 25.2 Å². The van der Waals surface area contributed by atoms with Crippen LogP contribution < -0.4 is 4.74 Å². The Labute approximate surface area is 185 Å². The molecule has 0 amide bonds. The third-order valence-corrected chi connectivity index (χ3v) is 5.87. The van der Waals surface area contributed by atoms with Crippen LogP contribution in [0.1, 0.15) is 30.9 Å². The molecule has 0 aliphatic carbocycles. The van der Waals surface area contributed by atoms with Crippen LogP contribution in [-0.4, -0.2) is 44.4 Å². The minimum atomic E-state index is -0.257. The molecule has 1 aliphatic rings. The number of H-pyrrole nitrogens is 1. The summed E-state index contributed by atoms with van der Waals surface area (Å²) in [6, 6.07) is 5.87. The van der Waals surface area contributed by atoms with E-state index in [4.69, 9.17) is 27.9 Å². The fraction of sp³-hybridized carbons (Fsp3) is 0.364. The SMILES string of the molecule is CCc1ncc(CCc2[nH]nc3ccc(OC(C)C4=C(Cl)C=NCC4Cl)cc23)cn1. The van der Waals surface area contributed by atoms with Crippen molar-refractivity contribution < 1.29 is 4.74 Å². The number of fused-ring (bicyclic) bond motifs is 1. The van der Waals surface area contributed by atoms with Gasteiger partial charge in [-0.05, 0) is 43.5 Å². The number of rotatable bonds is 7. The number of nitrogens with zero attached hydrogens (tertiary/aromatic N) is 4. The average Bonchev–Trinajstić information content (AvgIpc) is 3.15. The first-order valence-corrected chi connectivity index (χ1v) is 10.8. The molecule has 0 spiro atoms. The molecule has 3 aromatic rings. The van der Waals surface area contributed by atoms with Crippen LogP contribution in [0.2, 0.25) is 0 Å². The first kappa shape index (κ1) is 20.8. The summed E-state index contributed by atoms with van der Waals surface area (Å²) in [4.78, 5) is 12.9. The molecule has 0 fully saturated rings. The number of dihydropyridines is 1. The number of aromatic amines is 1. The molecule has 2 aromatic heterocycles. The molecule has 0 bridgehead atoms. The van der Waals surface area contributed by atoms with Gasteiger partial charge in [0.25, 0.3) is 0 Å². The smallest absolute Gasteiger partial charge is 0.127 e. The Morgan fingerprint density at radius 3 is 2.77 bits per heavy atom. The van der Waals surface area contributed by atoms with E-state index in [1.807, 2.05) is 44.4 Å². The summed E-state index contributed by atoms with van der Waals surface area (Å²) in [6.45, 7) is 4.51. The van der Waals surface area contributed by atoms with Crippen molar-refractivity contribution in [1.82, 2.24) is 20.2 Å². The van der Waals surface area contributed by atoms with Gasteiger partial charge in [0.2, 0.25) is 0 Å². The number of ether oxygens (including phenoxy) is 1. The maximum atomic E-state index is 6.40. The third kappa shape index (κ3) is 4.50. The molecule has 1 aromatic carbocycles. The van der Waals surface area contributed by atoms with Crippen molar-refractivity contribution in [3.63, 3.8) is 0 Å². The number of benzene rings is 1. The molecule has 1 aliphatic heterocycles. The number of allylic oxidation sites excluding steroid dienone is 1. The molecule has 2 unspecified atom stereocenters. The van der Waals surface area contributed by atoms with Crippen LogP contribution in [0.4, 0.5) is 0 Å². The monoisotopic (exact) mass is 443 g/mol. The lowest BCUT2D eigenvalue weighted by molar-refractivity contribution is 0.253. The zero-order valence-electron chi connectivity index (χ0n) is 16.9. The third-order valence-electron chi connectivity index (χ3n) is 5.18. The molecule has 6 nitrogen and oxygen atoms in total. The van der Waals surface area contributed by atoms with Gasteiger partial charge in [0.15, 0.2) is 0 Å². The second-order valence-electron chi connectivity index (χ2n) is 7.27. The normalized spacial score (nSPS) is 17.5. The maximum Gasteiger partial charge on any atom is 0.127 e. The van der Waals surface area contributed by atoms with Gasteiger partial charge in [0.1, 0.15) is 17.7 Å². The summed E-state index contributed by atoms with van der Waals surface area (Å²) < 4.78 is 6.17. The Morgan fingerprint density at radius 1 is 1.23 bits per heavy atom. The predicted octanol–water partition coefficient (Wildman–Crippen LogP) is 4.65. The van der Waals surface area contributed by atoms with Gasteiger partial charge in [-0.3, -0.25) is 10.1 Å². The molecule has 3 heterocycles. The minimum Gasteiger partial charge on any atom is -0.486 e. The van der Waals surface area contributed by atoms with Crippen LogP contribution in [0, 0.1) is 0 Å². The lowest BCUT2D eigenvalue weighted by atomic mass is 10.0. The van der Waals surface area contributed by atoms with Crippen molar-refractivity contribution in [3.05, 3.63) is 58.3 Å². The second kappa shape index (κ2) is 9.14. The fourth-order valence-electron chi connectivity index (χ4n) is 3.53. The van der Waals surface area contributed by atoms with Gasteiger partial charge in [-0.25, -0.2) is 9.97 Å². The fourth-order valence-corrected chi connectivity index (χ4v) is 4.32. The Hall–Kier alpha value is -2.44. The molecule has 0 saturated heterocycles. The summed E-state index contributed by atoms with van der Waals surface area (Å²) in [7, 11) is 0. The number of hydrogen-bond donors (Lipinski definition) is 1. The molecule has 0 radical (unpaired) electrons. The summed E-state index contributed by atoms with van der Waals surface area (Å²) in [6.07, 6.45) is 7.66. The lowest BCUT2D eigenvalue weighted by Crippen LogP contribution is -2.26. The Balaban J connectivity index is 1.50. The van der Waals surface area contributed by atoms with Gasteiger partial charge >= 0.3 is 0 Å². The minimum absolute atomic E-state index is 0.256. The van der Waals surface area contributed by atoms with Crippen molar-refractivity contribution in [3.8, 4) is 5.75 Å². The zero-order valence-corrected chi connectivity index (χ0v) is 18.4. The molecule has 2 atom stereocenters. The van der Waals surface area contributed by atoms with Crippen LogP contribution in [0.25, 0.3) is 10.9 Å². The largest absolute Gasteiger partial charge is 0.486 e. The van der Waals surface area contributed by atoms with Gasteiger partial charge in [-0.2, -0.15) is 5.10 Å². The van der Waals surface area contributed by atoms with Crippen molar-refractivity contribution in [2.45, 2.75) is 44.6 Å². The van der Waals surface area contributed by atoms with Gasteiger partial charge in [-0.15, -0.1) is 11.6 Å². The van der Waals surface area contributed by atoms with Gasteiger partial charge < -0.3 is 4.74 Å². The number of aromatic nitrogens is 4. The van der Waals surface area contributed by atoms with E-state index in [0.717, 1.165) is 58.6 Å². The van der Waals surface area contributed by atoms with Crippen LogP contribution in [0.15, 0.2) is 46.2 Å². The van der Waals surface area contributed by atoms with Gasteiger partial charge in [0.05, 0.1) is 22.5 Å². The van der Waals surface area contributed by atoms with E-state index in [1.54, 1.807) is 6.21 Å². The molecule has 0 saturated carbocycles. The predicted molar refractivity (Wildman–Crippen MR) is 121 cm³/mol. The van der Waals surface area contributed by atoms with E-state index in [1.165, 1.54) is 0 Å². The van der Waals surface area contributed by atoms with Crippen molar-refractivity contribution in [2.75, 3.05) is 6.54 Å². The lowest BCUT2D eigenvalue weighted by Gasteiger charge is -2.24. The number of halogens is 2. The Bertz CT molecular complexity index is 1090. The van der Waals surface area contributed by atoms with Crippen molar-refractivity contribution in [2.24, 2.45) is 4.99 Å². The van der Waals surface area contributed by atoms with E-state index in [9.17, 15) is 0 Å². The molecule has 156 valence electrons. The van der Waals surface area contributed by atoms with Gasteiger partial charge in [0, 0.05) is 41.7 Å². The highest BCUT2D eigenvalue weighted by atomic mass is 35.5. The second-order valence-corrected chi connectivity index (χ2v) is 8.20. The standard InChI is InChI=1S/C22H23Cl2N5O/c1-3-21-26-9-14(10-27-21)4-6-19-16-8-15(5-7-20(16)29-28-19)30-13(2)22-17(23)11-25-12-18(22)24/h5,7-11,13,18H,3-4,6,12H2,1-2H3,(H,28,29). The molecule has 8 heteroatoms. The highest BCUT2D eigenvalue weighted by Crippen LogP contribution is 2.29. The van der Waals surface area contributed by atoms with Crippen molar-refractivity contribution in [1.29, 1.82) is 0 Å². The summed E-state index contributed by atoms with van der Waals surface area (Å²) in [5, 5.41) is 8.89. The van der Waals surface area contributed by atoms with Crippen LogP contribution in [-0.2, 0) is 19.3 Å². The number of hydrogen-bond acceptors (Lipinski definition) is 5. The van der Waals surface area contributed by atoms with Crippen LogP contribution in [0.5, 0.6) is 5.75 Å². The number of aliphatic imine (C=N–C) groups is 1. The zero-order chi connectivity index (χ0) is 21.1. The molecule has 30 heavy (non-hydrogen) atoms. The maximum absolute atomic E-state index is 6.40. The summed E-state index contributed by atoms with van der Waals surface area (Å²) >= 11 is 12.7. The van der Waals surface area contributed by atoms with E-state index < -0.39 is 0 Å². The van der Waals surface area contributed by atoms with E-state index >= 15 is 0 Å². The Morgan fingerprint density at radius 2 is 2.03 bits per heavy atom. The Kier molecular flexibility index (Phi) is 6.35. The number of aryl methyl sites for hydroxylation is 3. The highest BCUT2D eigenvalue weighted by Gasteiger charge is 2.24. The molecule has 1 N–H and O–H groups in total. The van der Waals surface area contributed by atoms with Crippen LogP contribution in [0.3, 0.4) is 0 Å². The summed E-state index contributed by atoms with van der Waals surface area (Å²) in [5.41, 5.74) is 3.92. The molecule has 4 rings (SSSR count). The molecular formula is C22H23Cl2N5O. The van der Waals surface area contributed by atoms with E-state index in [0.29, 0.717) is 11.6 Å². The van der Waals surface area contributed by atoms with Crippen molar-refractivity contribution >= 4 is 40.3 Å². The number of alkyl halides is 1.